The van der Waals surface area contributed by atoms with E-state index in [1.807, 2.05) is 0 Å². The standard InChI is InChI=1S/C11H11F2NO3/c12-11(13)17-8-3-1-2-7(4-8)5-14-10(15)9-6-16-9/h1-4,9,11H,5-6H2,(H,14,15). The van der Waals surface area contributed by atoms with Gasteiger partial charge in [-0.25, -0.2) is 0 Å². The lowest BCUT2D eigenvalue weighted by Crippen LogP contribution is -2.27. The number of amides is 1. The highest BCUT2D eigenvalue weighted by Crippen LogP contribution is 2.16. The fourth-order valence-electron chi connectivity index (χ4n) is 1.33. The first-order valence-corrected chi connectivity index (χ1v) is 5.08. The van der Waals surface area contributed by atoms with E-state index in [0.29, 0.717) is 12.2 Å². The van der Waals surface area contributed by atoms with Gasteiger partial charge in [0.1, 0.15) is 5.75 Å². The maximum absolute atomic E-state index is 12.0. The van der Waals surface area contributed by atoms with Gasteiger partial charge < -0.3 is 14.8 Å². The average Bonchev–Trinajstić information content (AvgIpc) is 3.09. The van der Waals surface area contributed by atoms with Gasteiger partial charge in [0.15, 0.2) is 6.10 Å². The third-order valence-electron chi connectivity index (χ3n) is 2.22. The second-order valence-corrected chi connectivity index (χ2v) is 3.57. The quantitative estimate of drug-likeness (QED) is 0.793. The topological polar surface area (TPSA) is 50.9 Å². The summed E-state index contributed by atoms with van der Waals surface area (Å²) < 4.78 is 33.0. The highest BCUT2D eigenvalue weighted by atomic mass is 19.3. The summed E-state index contributed by atoms with van der Waals surface area (Å²) in [6.07, 6.45) is -0.351. The van der Waals surface area contributed by atoms with Crippen molar-refractivity contribution in [2.24, 2.45) is 0 Å². The number of carbonyl (C=O) groups is 1. The van der Waals surface area contributed by atoms with Gasteiger partial charge in [0.25, 0.3) is 5.91 Å². The number of epoxide rings is 1. The fraction of sp³-hybridized carbons (Fsp3) is 0.364. The van der Waals surface area contributed by atoms with E-state index in [9.17, 15) is 13.6 Å². The minimum absolute atomic E-state index is 0.0782. The van der Waals surface area contributed by atoms with E-state index in [0.717, 1.165) is 0 Å². The lowest BCUT2D eigenvalue weighted by molar-refractivity contribution is -0.122. The van der Waals surface area contributed by atoms with Crippen molar-refractivity contribution in [3.63, 3.8) is 0 Å². The number of nitrogens with one attached hydrogen (secondary N) is 1. The number of alkyl halides is 2. The van der Waals surface area contributed by atoms with Crippen molar-refractivity contribution in [1.82, 2.24) is 5.32 Å². The summed E-state index contributed by atoms with van der Waals surface area (Å²) in [4.78, 5) is 11.3. The molecular formula is C11H11F2NO3. The molecule has 1 saturated heterocycles. The molecule has 1 aliphatic heterocycles. The van der Waals surface area contributed by atoms with Crippen LogP contribution in [-0.4, -0.2) is 25.2 Å². The van der Waals surface area contributed by atoms with Crippen molar-refractivity contribution in [2.75, 3.05) is 6.61 Å². The van der Waals surface area contributed by atoms with Crippen molar-refractivity contribution >= 4 is 5.91 Å². The largest absolute Gasteiger partial charge is 0.435 e. The molecule has 1 amide bonds. The molecule has 1 N–H and O–H groups in total. The summed E-state index contributed by atoms with van der Waals surface area (Å²) in [6, 6.07) is 6.20. The molecule has 4 nitrogen and oxygen atoms in total. The average molecular weight is 243 g/mol. The monoisotopic (exact) mass is 243 g/mol. The molecule has 17 heavy (non-hydrogen) atoms. The summed E-state index contributed by atoms with van der Waals surface area (Å²) in [5.41, 5.74) is 0.692. The molecule has 2 rings (SSSR count). The smallest absolute Gasteiger partial charge is 0.387 e. The van der Waals surface area contributed by atoms with Crippen molar-refractivity contribution in [3.8, 4) is 5.75 Å². The molecule has 0 radical (unpaired) electrons. The molecule has 92 valence electrons. The van der Waals surface area contributed by atoms with Crippen LogP contribution in [-0.2, 0) is 16.1 Å². The van der Waals surface area contributed by atoms with Crippen molar-refractivity contribution < 1.29 is 23.0 Å². The van der Waals surface area contributed by atoms with Crippen LogP contribution in [0.2, 0.25) is 0 Å². The molecule has 1 atom stereocenters. The van der Waals surface area contributed by atoms with Crippen molar-refractivity contribution in [1.29, 1.82) is 0 Å². The van der Waals surface area contributed by atoms with E-state index in [2.05, 4.69) is 10.1 Å². The second-order valence-electron chi connectivity index (χ2n) is 3.57. The molecule has 1 fully saturated rings. The molecule has 0 bridgehead atoms. The number of carbonyl (C=O) groups excluding carboxylic acids is 1. The van der Waals surface area contributed by atoms with Crippen LogP contribution in [0.5, 0.6) is 5.75 Å². The van der Waals surface area contributed by atoms with Gasteiger partial charge in [-0.3, -0.25) is 4.79 Å². The Kier molecular flexibility index (Phi) is 3.53. The van der Waals surface area contributed by atoms with Gasteiger partial charge in [-0.05, 0) is 17.7 Å². The van der Waals surface area contributed by atoms with Gasteiger partial charge in [-0.1, -0.05) is 12.1 Å². The minimum atomic E-state index is -2.85. The van der Waals surface area contributed by atoms with Crippen LogP contribution < -0.4 is 10.1 Å². The summed E-state index contributed by atoms with van der Waals surface area (Å²) in [7, 11) is 0. The Hall–Kier alpha value is -1.69. The molecule has 0 aromatic heterocycles. The lowest BCUT2D eigenvalue weighted by Gasteiger charge is -2.07. The van der Waals surface area contributed by atoms with Crippen LogP contribution in [0.15, 0.2) is 24.3 Å². The van der Waals surface area contributed by atoms with Crippen LogP contribution >= 0.6 is 0 Å². The van der Waals surface area contributed by atoms with Gasteiger partial charge in [0.05, 0.1) is 6.61 Å². The molecule has 6 heteroatoms. The van der Waals surface area contributed by atoms with Gasteiger partial charge in [-0.15, -0.1) is 0 Å². The predicted molar refractivity (Wildman–Crippen MR) is 54.7 cm³/mol. The number of hydrogen-bond acceptors (Lipinski definition) is 3. The molecular weight excluding hydrogens is 232 g/mol. The van der Waals surface area contributed by atoms with E-state index in [4.69, 9.17) is 4.74 Å². The van der Waals surface area contributed by atoms with Crippen molar-refractivity contribution in [3.05, 3.63) is 29.8 Å². The van der Waals surface area contributed by atoms with Crippen LogP contribution in [0.3, 0.4) is 0 Å². The van der Waals surface area contributed by atoms with Crippen LogP contribution in [0.4, 0.5) is 8.78 Å². The summed E-state index contributed by atoms with van der Waals surface area (Å²) >= 11 is 0. The molecule has 0 saturated carbocycles. The number of benzene rings is 1. The molecule has 1 aromatic carbocycles. The zero-order valence-corrected chi connectivity index (χ0v) is 8.86. The summed E-state index contributed by atoms with van der Waals surface area (Å²) in [5, 5.41) is 2.63. The first-order chi connectivity index (χ1) is 8.15. The van der Waals surface area contributed by atoms with Gasteiger partial charge in [0.2, 0.25) is 0 Å². The third kappa shape index (κ3) is 3.67. The number of ether oxygens (including phenoxy) is 2. The number of rotatable bonds is 5. The Balaban J connectivity index is 1.88. The Morgan fingerprint density at radius 1 is 1.59 bits per heavy atom. The van der Waals surface area contributed by atoms with Gasteiger partial charge in [0, 0.05) is 6.54 Å². The highest BCUT2D eigenvalue weighted by Gasteiger charge is 2.30. The van der Waals surface area contributed by atoms with E-state index >= 15 is 0 Å². The maximum Gasteiger partial charge on any atom is 0.387 e. The fourth-order valence-corrected chi connectivity index (χ4v) is 1.33. The van der Waals surface area contributed by atoms with Crippen molar-refractivity contribution in [2.45, 2.75) is 19.3 Å². The first-order valence-electron chi connectivity index (χ1n) is 5.08. The van der Waals surface area contributed by atoms with E-state index in [1.54, 1.807) is 12.1 Å². The molecule has 0 spiro atoms. The lowest BCUT2D eigenvalue weighted by atomic mass is 10.2. The third-order valence-corrected chi connectivity index (χ3v) is 2.22. The number of halogens is 2. The van der Waals surface area contributed by atoms with E-state index in [-0.39, 0.29) is 24.3 Å². The molecule has 1 aromatic rings. The summed E-state index contributed by atoms with van der Waals surface area (Å²) in [6.45, 7) is -2.14. The Morgan fingerprint density at radius 3 is 3.00 bits per heavy atom. The molecule has 1 aliphatic rings. The minimum Gasteiger partial charge on any atom is -0.435 e. The SMILES string of the molecule is O=C(NCc1cccc(OC(F)F)c1)C1CO1. The zero-order chi connectivity index (χ0) is 12.3. The first kappa shape index (κ1) is 11.8. The summed E-state index contributed by atoms with van der Waals surface area (Å²) in [5.74, 6) is -0.111. The van der Waals surface area contributed by atoms with Gasteiger partial charge >= 0.3 is 6.61 Å². The van der Waals surface area contributed by atoms with Crippen LogP contribution in [0, 0.1) is 0 Å². The Labute approximate surface area is 96.5 Å². The molecule has 1 unspecified atom stereocenters. The van der Waals surface area contributed by atoms with Crippen LogP contribution in [0.25, 0.3) is 0 Å². The highest BCUT2D eigenvalue weighted by molar-refractivity contribution is 5.82. The Morgan fingerprint density at radius 2 is 2.35 bits per heavy atom. The van der Waals surface area contributed by atoms with Gasteiger partial charge in [-0.2, -0.15) is 8.78 Å². The van der Waals surface area contributed by atoms with E-state index < -0.39 is 6.61 Å². The molecule has 0 aliphatic carbocycles. The second kappa shape index (κ2) is 5.09. The maximum atomic E-state index is 12.0. The zero-order valence-electron chi connectivity index (χ0n) is 8.86. The number of hydrogen-bond donors (Lipinski definition) is 1. The van der Waals surface area contributed by atoms with E-state index in [1.165, 1.54) is 12.1 Å². The molecule has 1 heterocycles. The van der Waals surface area contributed by atoms with Crippen LogP contribution in [0.1, 0.15) is 5.56 Å². The predicted octanol–water partition coefficient (Wildman–Crippen LogP) is 1.30. The Bertz CT molecular complexity index is 407. The normalized spacial score (nSPS) is 17.9.